The minimum Gasteiger partial charge on any atom is -0.458 e. The molecule has 0 aliphatic carbocycles. The third-order valence-corrected chi connectivity index (χ3v) is 13.9. The van der Waals surface area contributed by atoms with Crippen LogP contribution >= 0.6 is 0 Å². The number of aromatic nitrogens is 5. The Balaban J connectivity index is 1.10. The fourth-order valence-corrected chi connectivity index (χ4v) is 9.47. The summed E-state index contributed by atoms with van der Waals surface area (Å²) in [5, 5.41) is 7.77. The summed E-state index contributed by atoms with van der Waals surface area (Å²) in [6.45, 7) is 25.0. The van der Waals surface area contributed by atoms with Crippen LogP contribution in [0.2, 0.25) is 0 Å². The third-order valence-electron chi connectivity index (χ3n) is 13.9. The lowest BCUT2D eigenvalue weighted by Gasteiger charge is -2.27. The molecule has 0 fully saturated rings. The van der Waals surface area contributed by atoms with Crippen molar-refractivity contribution in [2.45, 2.75) is 97.8 Å². The van der Waals surface area contributed by atoms with Gasteiger partial charge >= 0.3 is 0 Å². The maximum atomic E-state index is 6.82. The van der Waals surface area contributed by atoms with Crippen molar-refractivity contribution in [1.29, 1.82) is 0 Å². The van der Waals surface area contributed by atoms with Gasteiger partial charge in [0, 0.05) is 39.7 Å². The van der Waals surface area contributed by atoms with Crippen molar-refractivity contribution in [2.24, 2.45) is 0 Å². The van der Waals surface area contributed by atoms with E-state index in [0.717, 1.165) is 67.3 Å². The molecule has 0 radical (unpaired) electrons. The highest BCUT2D eigenvalue weighted by atomic mass is 16.5. The van der Waals surface area contributed by atoms with Crippen LogP contribution in [0.3, 0.4) is 0 Å². The summed E-state index contributed by atoms with van der Waals surface area (Å²) < 4.78 is 13.1. The van der Waals surface area contributed by atoms with E-state index in [2.05, 4.69) is 249 Å². The predicted molar refractivity (Wildman–Crippen MR) is 288 cm³/mol. The third kappa shape index (κ3) is 8.83. The molecular formula is C64H63N5O. The number of rotatable bonds is 9. The van der Waals surface area contributed by atoms with Gasteiger partial charge in [-0.25, -0.2) is 4.98 Å². The lowest BCUT2D eigenvalue weighted by molar-refractivity contribution is -0.589. The smallest absolute Gasteiger partial charge is 0.232 e. The SMILES string of the molecule is CC(C)(C)c1cc(-[n+]2[c-]n(-c3cccc(Oc4ccc5c6ccccc6n(-c6cc(C(C)(C)c7ccccc7)ccn6)c5c4)c3)nc2-c2cc(C(C)(C)C)ccc2-c2ccccc2)cc(C(C)(C)C)c1. The lowest BCUT2D eigenvalue weighted by Crippen LogP contribution is -2.33. The topological polar surface area (TPSA) is 48.8 Å². The van der Waals surface area contributed by atoms with E-state index in [1.54, 1.807) is 0 Å². The number of fused-ring (bicyclic) bond motifs is 3. The Bertz CT molecular complexity index is 3510. The molecule has 10 aromatic rings. The van der Waals surface area contributed by atoms with E-state index in [4.69, 9.17) is 14.8 Å². The Morgan fingerprint density at radius 1 is 0.471 bits per heavy atom. The number of benzene rings is 7. The molecule has 0 unspecified atom stereocenters. The largest absolute Gasteiger partial charge is 0.458 e. The summed E-state index contributed by atoms with van der Waals surface area (Å²) in [4.78, 5) is 4.98. The summed E-state index contributed by atoms with van der Waals surface area (Å²) >= 11 is 0. The van der Waals surface area contributed by atoms with E-state index in [1.807, 2.05) is 29.1 Å². The molecule has 0 bridgehead atoms. The second-order valence-corrected chi connectivity index (χ2v) is 22.3. The van der Waals surface area contributed by atoms with Crippen LogP contribution in [-0.4, -0.2) is 19.3 Å². The molecule has 0 amide bonds. The van der Waals surface area contributed by atoms with Gasteiger partial charge < -0.3 is 9.30 Å². The van der Waals surface area contributed by atoms with Crippen LogP contribution in [0.5, 0.6) is 11.5 Å². The van der Waals surface area contributed by atoms with Gasteiger partial charge in [0.1, 0.15) is 17.3 Å². The first kappa shape index (κ1) is 46.2. The van der Waals surface area contributed by atoms with Crippen LogP contribution in [0.25, 0.3) is 61.5 Å². The lowest BCUT2D eigenvalue weighted by atomic mass is 9.78. The highest BCUT2D eigenvalue weighted by molar-refractivity contribution is 6.09. The number of ether oxygens (including phenoxy) is 1. The zero-order valence-corrected chi connectivity index (χ0v) is 42.5. The van der Waals surface area contributed by atoms with Gasteiger partial charge in [0.25, 0.3) is 0 Å². The average Bonchev–Trinajstić information content (AvgIpc) is 3.94. The number of para-hydroxylation sites is 1. The minimum atomic E-state index is -0.227. The first-order chi connectivity index (χ1) is 33.3. The average molecular weight is 918 g/mol. The second kappa shape index (κ2) is 17.4. The molecule has 6 nitrogen and oxygen atoms in total. The summed E-state index contributed by atoms with van der Waals surface area (Å²) in [7, 11) is 0. The molecule has 70 heavy (non-hydrogen) atoms. The van der Waals surface area contributed by atoms with Crippen LogP contribution in [-0.2, 0) is 21.7 Å². The van der Waals surface area contributed by atoms with Crippen molar-refractivity contribution in [3.63, 3.8) is 0 Å². The number of hydrogen-bond donors (Lipinski definition) is 0. The Hall–Kier alpha value is -7.57. The molecular weight excluding hydrogens is 855 g/mol. The molecule has 0 atom stereocenters. The Labute approximate surface area is 413 Å². The molecule has 0 N–H and O–H groups in total. The summed E-state index contributed by atoms with van der Waals surface area (Å²) in [5.41, 5.74) is 12.9. The van der Waals surface area contributed by atoms with E-state index in [0.29, 0.717) is 5.75 Å². The molecule has 3 aromatic heterocycles. The zero-order chi connectivity index (χ0) is 49.2. The van der Waals surface area contributed by atoms with Gasteiger partial charge in [-0.15, -0.1) is 0 Å². The molecule has 0 saturated heterocycles. The molecule has 350 valence electrons. The summed E-state index contributed by atoms with van der Waals surface area (Å²) in [6.07, 6.45) is 5.67. The van der Waals surface area contributed by atoms with Crippen molar-refractivity contribution in [2.75, 3.05) is 0 Å². The van der Waals surface area contributed by atoms with Gasteiger partial charge in [-0.3, -0.25) is 4.57 Å². The summed E-state index contributed by atoms with van der Waals surface area (Å²) in [6, 6.07) is 62.5. The van der Waals surface area contributed by atoms with Gasteiger partial charge in [0.2, 0.25) is 12.2 Å². The van der Waals surface area contributed by atoms with Crippen LogP contribution in [0.1, 0.15) is 104 Å². The van der Waals surface area contributed by atoms with Gasteiger partial charge in [0.15, 0.2) is 0 Å². The highest BCUT2D eigenvalue weighted by Crippen LogP contribution is 2.39. The van der Waals surface area contributed by atoms with Crippen molar-refractivity contribution in [1.82, 2.24) is 19.3 Å². The van der Waals surface area contributed by atoms with Crippen molar-refractivity contribution in [3.8, 4) is 51.2 Å². The standard InChI is InChI=1S/C64H63N5O/c1-61(2,3)45-29-31-53(43-21-14-12-15-22-43)56(38-45)60-66-68(42-67(60)50-36-47(62(4,5)6)35-48(37-50)63(7,8)9)49-25-20-26-51(40-49)70-52-30-32-55-54-27-18-19-28-57(54)69(58(55)41-52)59-39-46(33-34-65-59)64(10,11)44-23-16-13-17-24-44/h12-41H,1-11H3. The van der Waals surface area contributed by atoms with Crippen molar-refractivity contribution < 1.29 is 9.30 Å². The fraction of sp³-hybridized carbons (Fsp3) is 0.234. The molecule has 0 spiro atoms. The van der Waals surface area contributed by atoms with Crippen molar-refractivity contribution in [3.05, 3.63) is 216 Å². The molecule has 6 heteroatoms. The summed E-state index contributed by atoms with van der Waals surface area (Å²) in [5.74, 6) is 3.06. The first-order valence-corrected chi connectivity index (χ1v) is 24.5. The Morgan fingerprint density at radius 2 is 1.11 bits per heavy atom. The van der Waals surface area contributed by atoms with Crippen LogP contribution in [0, 0.1) is 6.33 Å². The minimum absolute atomic E-state index is 0.0864. The van der Waals surface area contributed by atoms with E-state index in [9.17, 15) is 0 Å². The number of pyridine rings is 1. The molecule has 0 saturated carbocycles. The fourth-order valence-electron chi connectivity index (χ4n) is 9.47. The number of nitrogens with zero attached hydrogens (tertiary/aromatic N) is 5. The quantitative estimate of drug-likeness (QED) is 0.107. The van der Waals surface area contributed by atoms with Gasteiger partial charge in [0.05, 0.1) is 16.7 Å². The second-order valence-electron chi connectivity index (χ2n) is 22.3. The Kier molecular flexibility index (Phi) is 11.5. The zero-order valence-electron chi connectivity index (χ0n) is 42.5. The molecule has 0 aliphatic rings. The Morgan fingerprint density at radius 3 is 1.81 bits per heavy atom. The maximum absolute atomic E-state index is 6.82. The van der Waals surface area contributed by atoms with E-state index in [-0.39, 0.29) is 21.7 Å². The van der Waals surface area contributed by atoms with Gasteiger partial charge in [-0.1, -0.05) is 204 Å². The first-order valence-electron chi connectivity index (χ1n) is 24.5. The maximum Gasteiger partial charge on any atom is 0.232 e. The van der Waals surface area contributed by atoms with Crippen LogP contribution in [0.4, 0.5) is 0 Å². The molecule has 0 aliphatic heterocycles. The molecule has 10 rings (SSSR count). The van der Waals surface area contributed by atoms with Gasteiger partial charge in [-0.05, 0) is 103 Å². The highest BCUT2D eigenvalue weighted by Gasteiger charge is 2.27. The van der Waals surface area contributed by atoms with E-state index in [1.165, 1.54) is 27.8 Å². The number of hydrogen-bond acceptors (Lipinski definition) is 3. The van der Waals surface area contributed by atoms with E-state index < -0.39 is 0 Å². The predicted octanol–water partition coefficient (Wildman–Crippen LogP) is 15.8. The van der Waals surface area contributed by atoms with Gasteiger partial charge in [-0.2, -0.15) is 4.68 Å². The van der Waals surface area contributed by atoms with Crippen molar-refractivity contribution >= 4 is 21.8 Å². The van der Waals surface area contributed by atoms with Crippen LogP contribution < -0.4 is 9.30 Å². The van der Waals surface area contributed by atoms with E-state index >= 15 is 0 Å². The monoisotopic (exact) mass is 918 g/mol. The molecule has 3 heterocycles. The molecule has 7 aromatic carbocycles. The normalized spacial score (nSPS) is 12.5. The van der Waals surface area contributed by atoms with Crippen LogP contribution in [0.15, 0.2) is 182 Å².